The minimum absolute atomic E-state index is 0.103. The Kier molecular flexibility index (Phi) is 7.50. The van der Waals surface area contributed by atoms with Crippen molar-refractivity contribution in [3.63, 3.8) is 0 Å². The van der Waals surface area contributed by atoms with Crippen LogP contribution < -0.4 is 5.32 Å². The Balaban J connectivity index is 1.64. The van der Waals surface area contributed by atoms with Gasteiger partial charge in [0.25, 0.3) is 5.91 Å². The largest absolute Gasteiger partial charge is 0.465 e. The number of nitrogens with one attached hydrogen (secondary N) is 1. The van der Waals surface area contributed by atoms with E-state index in [0.717, 1.165) is 9.87 Å². The first-order valence-electron chi connectivity index (χ1n) is 10.4. The van der Waals surface area contributed by atoms with Crippen LogP contribution in [0.4, 0.5) is 5.69 Å². The summed E-state index contributed by atoms with van der Waals surface area (Å²) in [6.07, 6.45) is 0.822. The van der Waals surface area contributed by atoms with E-state index in [1.807, 2.05) is 6.92 Å². The number of ether oxygens (including phenoxy) is 2. The third-order valence-corrected chi connectivity index (χ3v) is 7.30. The number of rotatable bonds is 7. The standard InChI is InChI=1S/C23H26N2O7S/c1-15-6-10-18(11-7-15)33(29,30)25-12-4-5-20(25)23(28)32-14-21(26)24-19-13-17(22(27)31-3)9-8-16(19)2/h6-11,13,20H,4-5,12,14H2,1-3H3,(H,24,26). The molecule has 1 unspecified atom stereocenters. The van der Waals surface area contributed by atoms with Gasteiger partial charge in [0.2, 0.25) is 10.0 Å². The number of anilines is 1. The van der Waals surface area contributed by atoms with E-state index in [4.69, 9.17) is 4.74 Å². The lowest BCUT2D eigenvalue weighted by Crippen LogP contribution is -2.42. The van der Waals surface area contributed by atoms with Gasteiger partial charge < -0.3 is 14.8 Å². The van der Waals surface area contributed by atoms with Gasteiger partial charge in [-0.2, -0.15) is 4.31 Å². The first-order valence-corrected chi connectivity index (χ1v) is 11.8. The summed E-state index contributed by atoms with van der Waals surface area (Å²) < 4.78 is 36.9. The van der Waals surface area contributed by atoms with E-state index in [1.54, 1.807) is 31.2 Å². The monoisotopic (exact) mass is 474 g/mol. The number of carbonyl (C=O) groups excluding carboxylic acids is 3. The van der Waals surface area contributed by atoms with E-state index >= 15 is 0 Å². The second-order valence-corrected chi connectivity index (χ2v) is 9.65. The van der Waals surface area contributed by atoms with Gasteiger partial charge in [-0.1, -0.05) is 23.8 Å². The topological polar surface area (TPSA) is 119 Å². The third kappa shape index (κ3) is 5.58. The molecule has 1 aliphatic heterocycles. The number of amides is 1. The Labute approximate surface area is 192 Å². The van der Waals surface area contributed by atoms with Crippen LogP contribution in [0.3, 0.4) is 0 Å². The number of carbonyl (C=O) groups is 3. The zero-order valence-corrected chi connectivity index (χ0v) is 19.5. The Bertz CT molecular complexity index is 1160. The predicted molar refractivity (Wildman–Crippen MR) is 120 cm³/mol. The molecule has 9 nitrogen and oxygen atoms in total. The summed E-state index contributed by atoms with van der Waals surface area (Å²) in [4.78, 5) is 36.8. The van der Waals surface area contributed by atoms with Crippen LogP contribution in [0.2, 0.25) is 0 Å². The molecule has 2 aromatic carbocycles. The lowest BCUT2D eigenvalue weighted by atomic mass is 10.1. The van der Waals surface area contributed by atoms with E-state index < -0.39 is 40.5 Å². The molecule has 33 heavy (non-hydrogen) atoms. The first-order chi connectivity index (χ1) is 15.6. The average molecular weight is 475 g/mol. The van der Waals surface area contributed by atoms with Crippen LogP contribution in [0.25, 0.3) is 0 Å². The Morgan fingerprint density at radius 2 is 1.79 bits per heavy atom. The Morgan fingerprint density at radius 3 is 2.45 bits per heavy atom. The number of benzene rings is 2. The van der Waals surface area contributed by atoms with Crippen molar-refractivity contribution in [2.24, 2.45) is 0 Å². The summed E-state index contributed by atoms with van der Waals surface area (Å²) in [5, 5.41) is 2.59. The van der Waals surface area contributed by atoms with Gasteiger partial charge in [-0.05, 0) is 56.5 Å². The summed E-state index contributed by atoms with van der Waals surface area (Å²) in [5.41, 5.74) is 2.26. The van der Waals surface area contributed by atoms with Crippen molar-refractivity contribution < 1.29 is 32.3 Å². The molecule has 1 fully saturated rings. The molecule has 1 aliphatic rings. The second kappa shape index (κ2) is 10.1. The number of sulfonamides is 1. The lowest BCUT2D eigenvalue weighted by molar-refractivity contribution is -0.150. The van der Waals surface area contributed by atoms with Gasteiger partial charge in [-0.15, -0.1) is 0 Å². The molecular weight excluding hydrogens is 448 g/mol. The van der Waals surface area contributed by atoms with Gasteiger partial charge in [-0.3, -0.25) is 9.59 Å². The summed E-state index contributed by atoms with van der Waals surface area (Å²) in [6, 6.07) is 10.1. The van der Waals surface area contributed by atoms with Gasteiger partial charge in [0, 0.05) is 12.2 Å². The molecular formula is C23H26N2O7S. The van der Waals surface area contributed by atoms with Crippen LogP contribution in [0.5, 0.6) is 0 Å². The number of nitrogens with zero attached hydrogens (tertiary/aromatic N) is 1. The second-order valence-electron chi connectivity index (χ2n) is 7.76. The van der Waals surface area contributed by atoms with Crippen LogP contribution >= 0.6 is 0 Å². The summed E-state index contributed by atoms with van der Waals surface area (Å²) in [5.74, 6) is -1.94. The molecule has 1 atom stereocenters. The zero-order chi connectivity index (χ0) is 24.2. The minimum atomic E-state index is -3.87. The number of esters is 2. The van der Waals surface area contributed by atoms with Crippen molar-refractivity contribution in [1.29, 1.82) is 0 Å². The van der Waals surface area contributed by atoms with Crippen LogP contribution in [-0.2, 0) is 29.1 Å². The molecule has 1 heterocycles. The van der Waals surface area contributed by atoms with Gasteiger partial charge in [0.05, 0.1) is 17.6 Å². The molecule has 0 aromatic heterocycles. The molecule has 176 valence electrons. The van der Waals surface area contributed by atoms with Gasteiger partial charge in [0.15, 0.2) is 6.61 Å². The van der Waals surface area contributed by atoms with Crippen molar-refractivity contribution in [2.45, 2.75) is 37.6 Å². The van der Waals surface area contributed by atoms with Gasteiger partial charge in [0.1, 0.15) is 6.04 Å². The molecule has 0 radical (unpaired) electrons. The fraction of sp³-hybridized carbons (Fsp3) is 0.348. The highest BCUT2D eigenvalue weighted by molar-refractivity contribution is 7.89. The molecule has 0 saturated carbocycles. The first kappa shape index (κ1) is 24.4. The van der Waals surface area contributed by atoms with E-state index in [1.165, 1.54) is 25.3 Å². The molecule has 1 N–H and O–H groups in total. The smallest absolute Gasteiger partial charge is 0.337 e. The summed E-state index contributed by atoms with van der Waals surface area (Å²) in [7, 11) is -2.61. The fourth-order valence-electron chi connectivity index (χ4n) is 3.53. The fourth-order valence-corrected chi connectivity index (χ4v) is 5.18. The molecule has 0 spiro atoms. The maximum Gasteiger partial charge on any atom is 0.337 e. The quantitative estimate of drug-likeness (QED) is 0.612. The third-order valence-electron chi connectivity index (χ3n) is 5.38. The minimum Gasteiger partial charge on any atom is -0.465 e. The zero-order valence-electron chi connectivity index (χ0n) is 18.7. The number of methoxy groups -OCH3 is 1. The van der Waals surface area contributed by atoms with Gasteiger partial charge in [-0.25, -0.2) is 13.2 Å². The summed E-state index contributed by atoms with van der Waals surface area (Å²) in [6.45, 7) is 3.21. The molecule has 0 aliphatic carbocycles. The maximum absolute atomic E-state index is 13.0. The summed E-state index contributed by atoms with van der Waals surface area (Å²) >= 11 is 0. The van der Waals surface area contributed by atoms with E-state index in [2.05, 4.69) is 10.1 Å². The molecule has 0 bridgehead atoms. The van der Waals surface area contributed by atoms with Crippen molar-refractivity contribution in [3.05, 3.63) is 59.2 Å². The average Bonchev–Trinajstić information content (AvgIpc) is 3.30. The highest BCUT2D eigenvalue weighted by Gasteiger charge is 2.40. The molecule has 1 saturated heterocycles. The normalized spacial score (nSPS) is 16.3. The SMILES string of the molecule is COC(=O)c1ccc(C)c(NC(=O)COC(=O)C2CCCN2S(=O)(=O)c2ccc(C)cc2)c1. The number of hydrogen-bond donors (Lipinski definition) is 1. The van der Waals surface area contributed by atoms with Crippen LogP contribution in [0, 0.1) is 13.8 Å². The van der Waals surface area contributed by atoms with Gasteiger partial charge >= 0.3 is 11.9 Å². The Hall–Kier alpha value is -3.24. The van der Waals surface area contributed by atoms with E-state index in [0.29, 0.717) is 24.1 Å². The van der Waals surface area contributed by atoms with Crippen LogP contribution in [0.1, 0.15) is 34.3 Å². The molecule has 3 rings (SSSR count). The highest BCUT2D eigenvalue weighted by Crippen LogP contribution is 2.27. The number of aryl methyl sites for hydroxylation is 2. The number of hydrogen-bond acceptors (Lipinski definition) is 7. The van der Waals surface area contributed by atoms with E-state index in [9.17, 15) is 22.8 Å². The van der Waals surface area contributed by atoms with Crippen molar-refractivity contribution >= 4 is 33.6 Å². The van der Waals surface area contributed by atoms with E-state index in [-0.39, 0.29) is 17.0 Å². The predicted octanol–water partition coefficient (Wildman–Crippen LogP) is 2.43. The maximum atomic E-state index is 13.0. The Morgan fingerprint density at radius 1 is 1.09 bits per heavy atom. The van der Waals surface area contributed by atoms with Crippen molar-refractivity contribution in [1.82, 2.24) is 4.31 Å². The van der Waals surface area contributed by atoms with Crippen molar-refractivity contribution in [2.75, 3.05) is 25.6 Å². The molecule has 1 amide bonds. The lowest BCUT2D eigenvalue weighted by Gasteiger charge is -2.22. The molecule has 2 aromatic rings. The van der Waals surface area contributed by atoms with Crippen molar-refractivity contribution in [3.8, 4) is 0 Å². The highest BCUT2D eigenvalue weighted by atomic mass is 32.2. The van der Waals surface area contributed by atoms with Crippen LogP contribution in [0.15, 0.2) is 47.4 Å². The molecule has 10 heteroatoms. The van der Waals surface area contributed by atoms with Crippen LogP contribution in [-0.4, -0.2) is 56.9 Å².